The quantitative estimate of drug-likeness (QED) is 0.854. The van der Waals surface area contributed by atoms with Gasteiger partial charge in [0.1, 0.15) is 11.4 Å². The molecule has 0 heterocycles. The van der Waals surface area contributed by atoms with E-state index in [9.17, 15) is 18.0 Å². The number of ether oxygens (including phenoxy) is 2. The first-order valence-corrected chi connectivity index (χ1v) is 6.83. The van der Waals surface area contributed by atoms with E-state index in [1.807, 2.05) is 6.92 Å². The minimum Gasteiger partial charge on any atom is -0.443 e. The van der Waals surface area contributed by atoms with Crippen LogP contribution in [0.25, 0.3) is 0 Å². The monoisotopic (exact) mass is 329 g/mol. The first-order chi connectivity index (χ1) is 10.5. The summed E-state index contributed by atoms with van der Waals surface area (Å²) in [5.41, 5.74) is 4.80. The van der Waals surface area contributed by atoms with E-state index in [1.54, 1.807) is 13.8 Å². The number of halogens is 3. The number of carbonyl (C=O) groups is 1. The lowest BCUT2D eigenvalue weighted by atomic mass is 9.90. The minimum absolute atomic E-state index is 0.0738. The highest BCUT2D eigenvalue weighted by atomic mass is 19.4. The second kappa shape index (κ2) is 7.27. The maximum Gasteiger partial charge on any atom is 0.573 e. The van der Waals surface area contributed by atoms with Crippen molar-refractivity contribution in [1.29, 1.82) is 0 Å². The fourth-order valence-electron chi connectivity index (χ4n) is 1.65. The third-order valence-corrected chi connectivity index (χ3v) is 3.28. The van der Waals surface area contributed by atoms with Crippen LogP contribution in [0.2, 0.25) is 0 Å². The summed E-state index contributed by atoms with van der Waals surface area (Å²) in [7, 11) is 0. The molecule has 0 fully saturated rings. The van der Waals surface area contributed by atoms with Gasteiger partial charge in [-0.1, -0.05) is 18.8 Å². The highest BCUT2D eigenvalue weighted by Crippen LogP contribution is 2.24. The molecule has 0 aliphatic carbocycles. The first-order valence-electron chi connectivity index (χ1n) is 6.83. The molecule has 7 heteroatoms. The van der Waals surface area contributed by atoms with Gasteiger partial charge in [0.25, 0.3) is 0 Å². The number of primary amides is 1. The Kier molecular flexibility index (Phi) is 5.91. The zero-order chi connectivity index (χ0) is 17.7. The Bertz CT molecular complexity index is 598. The van der Waals surface area contributed by atoms with Gasteiger partial charge in [0.15, 0.2) is 0 Å². The van der Waals surface area contributed by atoms with Crippen molar-refractivity contribution in [2.45, 2.75) is 39.2 Å². The van der Waals surface area contributed by atoms with E-state index in [0.717, 1.165) is 0 Å². The molecule has 1 amide bonds. The van der Waals surface area contributed by atoms with Crippen molar-refractivity contribution >= 4 is 6.09 Å². The maximum absolute atomic E-state index is 12.0. The van der Waals surface area contributed by atoms with Crippen LogP contribution in [-0.4, -0.2) is 18.1 Å². The van der Waals surface area contributed by atoms with Crippen molar-refractivity contribution in [2.75, 3.05) is 0 Å². The van der Waals surface area contributed by atoms with E-state index < -0.39 is 18.1 Å². The van der Waals surface area contributed by atoms with E-state index in [1.165, 1.54) is 24.3 Å². The summed E-state index contributed by atoms with van der Waals surface area (Å²) in [6.45, 7) is 5.32. The SMILES string of the molecule is CC(CC#Cc1ccc(OC(F)(F)F)cc1)C(C)(C)OC(N)=O. The van der Waals surface area contributed by atoms with Gasteiger partial charge in [0.2, 0.25) is 0 Å². The fraction of sp³-hybridized carbons (Fsp3) is 0.438. The number of hydrogen-bond donors (Lipinski definition) is 1. The number of amides is 1. The molecule has 0 aromatic heterocycles. The second-order valence-electron chi connectivity index (χ2n) is 5.50. The molecule has 0 saturated heterocycles. The number of alkyl halides is 3. The number of hydrogen-bond acceptors (Lipinski definition) is 3. The van der Waals surface area contributed by atoms with Gasteiger partial charge in [-0.2, -0.15) is 0 Å². The van der Waals surface area contributed by atoms with Gasteiger partial charge in [-0.05, 0) is 38.1 Å². The van der Waals surface area contributed by atoms with Crippen LogP contribution in [-0.2, 0) is 4.74 Å². The number of benzene rings is 1. The molecule has 1 aromatic carbocycles. The molecule has 0 aliphatic rings. The van der Waals surface area contributed by atoms with Crippen LogP contribution in [0, 0.1) is 17.8 Å². The van der Waals surface area contributed by atoms with Crippen molar-refractivity contribution < 1.29 is 27.4 Å². The Morgan fingerprint density at radius 2 is 1.83 bits per heavy atom. The largest absolute Gasteiger partial charge is 0.573 e. The number of carbonyl (C=O) groups excluding carboxylic acids is 1. The first kappa shape index (κ1) is 18.7. The summed E-state index contributed by atoms with van der Waals surface area (Å²) in [5, 5.41) is 0. The molecule has 2 N–H and O–H groups in total. The van der Waals surface area contributed by atoms with Gasteiger partial charge in [-0.15, -0.1) is 13.2 Å². The molecule has 126 valence electrons. The highest BCUT2D eigenvalue weighted by Gasteiger charge is 2.31. The molecule has 0 spiro atoms. The normalized spacial score (nSPS) is 12.8. The Morgan fingerprint density at radius 3 is 2.30 bits per heavy atom. The molecule has 1 aromatic rings. The van der Waals surface area contributed by atoms with Crippen LogP contribution in [0.3, 0.4) is 0 Å². The lowest BCUT2D eigenvalue weighted by Gasteiger charge is -2.29. The number of rotatable bonds is 4. The van der Waals surface area contributed by atoms with Gasteiger partial charge in [0.05, 0.1) is 0 Å². The Labute approximate surface area is 132 Å². The topological polar surface area (TPSA) is 61.6 Å². The van der Waals surface area contributed by atoms with Crippen LogP contribution < -0.4 is 10.5 Å². The van der Waals surface area contributed by atoms with Crippen LogP contribution in [0.15, 0.2) is 24.3 Å². The van der Waals surface area contributed by atoms with Crippen LogP contribution in [0.4, 0.5) is 18.0 Å². The Hall–Kier alpha value is -2.36. The van der Waals surface area contributed by atoms with E-state index in [0.29, 0.717) is 12.0 Å². The van der Waals surface area contributed by atoms with Crippen LogP contribution in [0.1, 0.15) is 32.8 Å². The maximum atomic E-state index is 12.0. The van der Waals surface area contributed by atoms with Gasteiger partial charge in [0, 0.05) is 17.9 Å². The molecule has 1 rings (SSSR count). The summed E-state index contributed by atoms with van der Waals surface area (Å²) < 4.78 is 44.9. The lowest BCUT2D eigenvalue weighted by Crippen LogP contribution is -2.37. The Morgan fingerprint density at radius 1 is 1.26 bits per heavy atom. The smallest absolute Gasteiger partial charge is 0.443 e. The summed E-state index contributed by atoms with van der Waals surface area (Å²) in [6.07, 6.45) is -5.13. The average Bonchev–Trinajstić information content (AvgIpc) is 2.37. The summed E-state index contributed by atoms with van der Waals surface area (Å²) in [5.74, 6) is 5.36. The predicted octanol–water partition coefficient (Wildman–Crippen LogP) is 3.84. The summed E-state index contributed by atoms with van der Waals surface area (Å²) >= 11 is 0. The Balaban J connectivity index is 2.64. The zero-order valence-corrected chi connectivity index (χ0v) is 13.0. The second-order valence-corrected chi connectivity index (χ2v) is 5.50. The van der Waals surface area contributed by atoms with Gasteiger partial charge < -0.3 is 15.2 Å². The standard InChI is InChI=1S/C16H18F3NO3/c1-11(15(2,3)23-14(20)21)5-4-6-12-7-9-13(10-8-12)22-16(17,18)19/h7-11H,5H2,1-3H3,(H2,20,21). The average molecular weight is 329 g/mol. The third kappa shape index (κ3) is 6.96. The van der Waals surface area contributed by atoms with Crippen molar-refractivity contribution in [2.24, 2.45) is 11.7 Å². The molecule has 23 heavy (non-hydrogen) atoms. The molecule has 0 radical (unpaired) electrons. The van der Waals surface area contributed by atoms with E-state index >= 15 is 0 Å². The molecule has 1 atom stereocenters. The van der Waals surface area contributed by atoms with Gasteiger partial charge in [-0.3, -0.25) is 0 Å². The van der Waals surface area contributed by atoms with E-state index in [2.05, 4.69) is 16.6 Å². The summed E-state index contributed by atoms with van der Waals surface area (Å²) in [4.78, 5) is 10.8. The third-order valence-electron chi connectivity index (χ3n) is 3.28. The highest BCUT2D eigenvalue weighted by molar-refractivity contribution is 5.65. The minimum atomic E-state index is -4.71. The van der Waals surface area contributed by atoms with E-state index in [-0.39, 0.29) is 11.7 Å². The van der Waals surface area contributed by atoms with Crippen molar-refractivity contribution in [3.63, 3.8) is 0 Å². The summed E-state index contributed by atoms with van der Waals surface area (Å²) in [6, 6.07) is 5.26. The molecule has 0 aliphatic heterocycles. The van der Waals surface area contributed by atoms with E-state index in [4.69, 9.17) is 10.5 Å². The molecule has 4 nitrogen and oxygen atoms in total. The van der Waals surface area contributed by atoms with Gasteiger partial charge in [-0.25, -0.2) is 4.79 Å². The fourth-order valence-corrected chi connectivity index (χ4v) is 1.65. The van der Waals surface area contributed by atoms with Crippen LogP contribution in [0.5, 0.6) is 5.75 Å². The van der Waals surface area contributed by atoms with Crippen LogP contribution >= 0.6 is 0 Å². The molecular formula is C16H18F3NO3. The molecule has 1 unspecified atom stereocenters. The van der Waals surface area contributed by atoms with Crippen molar-refractivity contribution in [1.82, 2.24) is 0 Å². The zero-order valence-electron chi connectivity index (χ0n) is 13.0. The number of nitrogens with two attached hydrogens (primary N) is 1. The lowest BCUT2D eigenvalue weighted by molar-refractivity contribution is -0.274. The predicted molar refractivity (Wildman–Crippen MR) is 78.5 cm³/mol. The molecule has 0 bridgehead atoms. The van der Waals surface area contributed by atoms with Crippen molar-refractivity contribution in [3.8, 4) is 17.6 Å². The van der Waals surface area contributed by atoms with Gasteiger partial charge >= 0.3 is 12.5 Å². The molecule has 0 saturated carbocycles. The van der Waals surface area contributed by atoms with Crippen molar-refractivity contribution in [3.05, 3.63) is 29.8 Å². The molecular weight excluding hydrogens is 311 g/mol.